The highest BCUT2D eigenvalue weighted by atomic mass is 16.5. The Morgan fingerprint density at radius 1 is 1.30 bits per heavy atom. The maximum absolute atomic E-state index is 12.1. The van der Waals surface area contributed by atoms with E-state index in [9.17, 15) is 4.79 Å². The van der Waals surface area contributed by atoms with Crippen LogP contribution in [0.2, 0.25) is 0 Å². The molecule has 4 nitrogen and oxygen atoms in total. The molecule has 0 spiro atoms. The zero-order valence-corrected chi connectivity index (χ0v) is 11.9. The van der Waals surface area contributed by atoms with E-state index < -0.39 is 0 Å². The van der Waals surface area contributed by atoms with Gasteiger partial charge in [0, 0.05) is 13.1 Å². The topological polar surface area (TPSA) is 53.3 Å². The van der Waals surface area contributed by atoms with Crippen molar-refractivity contribution in [3.63, 3.8) is 0 Å². The van der Waals surface area contributed by atoms with Crippen LogP contribution in [0.25, 0.3) is 0 Å². The lowest BCUT2D eigenvalue weighted by atomic mass is 10.1. The van der Waals surface area contributed by atoms with Gasteiger partial charge in [0.2, 0.25) is 0 Å². The van der Waals surface area contributed by atoms with Crippen LogP contribution >= 0.6 is 0 Å². The van der Waals surface area contributed by atoms with E-state index in [1.807, 2.05) is 17.9 Å². The Bertz CT molecular complexity index is 512. The summed E-state index contributed by atoms with van der Waals surface area (Å²) < 4.78 is 5.59. The Morgan fingerprint density at radius 3 is 2.65 bits per heavy atom. The molecular weight excluding hydrogens is 252 g/mol. The molecule has 1 saturated heterocycles. The van der Waals surface area contributed by atoms with Gasteiger partial charge in [-0.1, -0.05) is 18.9 Å². The second kappa shape index (κ2) is 6.95. The molecule has 2 rings (SSSR count). The molecule has 4 heteroatoms. The first kappa shape index (κ1) is 14.4. The van der Waals surface area contributed by atoms with Crippen LogP contribution in [0, 0.1) is 18.3 Å². The quantitative estimate of drug-likeness (QED) is 0.850. The van der Waals surface area contributed by atoms with Crippen molar-refractivity contribution in [1.29, 1.82) is 5.26 Å². The van der Waals surface area contributed by atoms with Gasteiger partial charge in [-0.05, 0) is 37.5 Å². The predicted octanol–water partition coefficient (Wildman–Crippen LogP) is 2.65. The van der Waals surface area contributed by atoms with Gasteiger partial charge in [0.1, 0.15) is 5.75 Å². The van der Waals surface area contributed by atoms with Gasteiger partial charge in [0.15, 0.2) is 6.61 Å². The lowest BCUT2D eigenvalue weighted by Gasteiger charge is -2.20. The summed E-state index contributed by atoms with van der Waals surface area (Å²) in [6.07, 6.45) is 4.56. The molecule has 1 amide bonds. The zero-order chi connectivity index (χ0) is 14.4. The Morgan fingerprint density at radius 2 is 2.00 bits per heavy atom. The molecule has 20 heavy (non-hydrogen) atoms. The number of likely N-dealkylation sites (tertiary alicyclic amines) is 1. The Labute approximate surface area is 120 Å². The molecule has 1 aromatic carbocycles. The number of aryl methyl sites for hydroxylation is 1. The fourth-order valence-corrected chi connectivity index (χ4v) is 2.38. The van der Waals surface area contributed by atoms with E-state index in [1.54, 1.807) is 12.1 Å². The molecule has 1 aliphatic rings. The number of benzene rings is 1. The van der Waals surface area contributed by atoms with Crippen LogP contribution in [0.4, 0.5) is 0 Å². The van der Waals surface area contributed by atoms with Crippen molar-refractivity contribution in [1.82, 2.24) is 4.90 Å². The van der Waals surface area contributed by atoms with Crippen LogP contribution in [-0.2, 0) is 4.79 Å². The van der Waals surface area contributed by atoms with E-state index in [-0.39, 0.29) is 12.5 Å². The monoisotopic (exact) mass is 272 g/mol. The summed E-state index contributed by atoms with van der Waals surface area (Å²) in [5, 5.41) is 8.88. The van der Waals surface area contributed by atoms with Gasteiger partial charge in [0.25, 0.3) is 5.91 Å². The molecule has 0 atom stereocenters. The van der Waals surface area contributed by atoms with Crippen molar-refractivity contribution in [3.05, 3.63) is 29.3 Å². The molecule has 0 radical (unpaired) electrons. The Kier molecular flexibility index (Phi) is 5.00. The minimum absolute atomic E-state index is 0.0358. The van der Waals surface area contributed by atoms with Gasteiger partial charge in [-0.3, -0.25) is 4.79 Å². The van der Waals surface area contributed by atoms with Crippen LogP contribution in [0.15, 0.2) is 18.2 Å². The van der Waals surface area contributed by atoms with E-state index in [0.717, 1.165) is 31.5 Å². The van der Waals surface area contributed by atoms with Gasteiger partial charge in [-0.2, -0.15) is 5.26 Å². The molecule has 1 fully saturated rings. The van der Waals surface area contributed by atoms with Gasteiger partial charge in [-0.25, -0.2) is 0 Å². The number of hydrogen-bond donors (Lipinski definition) is 0. The molecule has 0 unspecified atom stereocenters. The largest absolute Gasteiger partial charge is 0.483 e. The second-order valence-electron chi connectivity index (χ2n) is 5.18. The van der Waals surface area contributed by atoms with Crippen molar-refractivity contribution in [2.75, 3.05) is 19.7 Å². The average Bonchev–Trinajstić information content (AvgIpc) is 2.75. The molecule has 1 heterocycles. The first-order chi connectivity index (χ1) is 9.70. The van der Waals surface area contributed by atoms with Gasteiger partial charge < -0.3 is 9.64 Å². The van der Waals surface area contributed by atoms with E-state index >= 15 is 0 Å². The average molecular weight is 272 g/mol. The molecule has 1 aromatic rings. The van der Waals surface area contributed by atoms with Gasteiger partial charge in [-0.15, -0.1) is 0 Å². The van der Waals surface area contributed by atoms with E-state index in [0.29, 0.717) is 11.3 Å². The van der Waals surface area contributed by atoms with Crippen LogP contribution < -0.4 is 4.74 Å². The third-order valence-corrected chi connectivity index (χ3v) is 3.63. The predicted molar refractivity (Wildman–Crippen MR) is 76.4 cm³/mol. The third kappa shape index (κ3) is 3.74. The van der Waals surface area contributed by atoms with Crippen LogP contribution in [-0.4, -0.2) is 30.5 Å². The Hall–Kier alpha value is -2.02. The minimum Gasteiger partial charge on any atom is -0.483 e. The number of carbonyl (C=O) groups is 1. The lowest BCUT2D eigenvalue weighted by Crippen LogP contribution is -2.35. The zero-order valence-electron chi connectivity index (χ0n) is 11.9. The van der Waals surface area contributed by atoms with E-state index in [4.69, 9.17) is 10.00 Å². The number of ether oxygens (including phenoxy) is 1. The summed E-state index contributed by atoms with van der Waals surface area (Å²) in [5.74, 6) is 0.654. The first-order valence-corrected chi connectivity index (χ1v) is 7.12. The van der Waals surface area contributed by atoms with Crippen molar-refractivity contribution in [2.45, 2.75) is 32.6 Å². The van der Waals surface area contributed by atoms with Crippen molar-refractivity contribution in [2.24, 2.45) is 0 Å². The fraction of sp³-hybridized carbons (Fsp3) is 0.500. The summed E-state index contributed by atoms with van der Waals surface area (Å²) >= 11 is 0. The lowest BCUT2D eigenvalue weighted by molar-refractivity contribution is -0.133. The maximum atomic E-state index is 12.1. The normalized spacial score (nSPS) is 15.3. The highest BCUT2D eigenvalue weighted by Gasteiger charge is 2.16. The minimum atomic E-state index is 0.0358. The van der Waals surface area contributed by atoms with Crippen LogP contribution in [0.5, 0.6) is 5.75 Å². The van der Waals surface area contributed by atoms with Crippen molar-refractivity contribution in [3.8, 4) is 11.8 Å². The summed E-state index contributed by atoms with van der Waals surface area (Å²) in [4.78, 5) is 14.0. The standard InChI is InChI=1S/C16H20N2O2/c1-13-6-7-14(11-17)10-15(13)20-12-16(19)18-8-4-2-3-5-9-18/h6-7,10H,2-5,8-9,12H2,1H3. The first-order valence-electron chi connectivity index (χ1n) is 7.12. The molecule has 0 aliphatic carbocycles. The molecule has 0 bridgehead atoms. The summed E-state index contributed by atoms with van der Waals surface area (Å²) in [5.41, 5.74) is 1.49. The highest BCUT2D eigenvalue weighted by molar-refractivity contribution is 5.77. The smallest absolute Gasteiger partial charge is 0.260 e. The van der Waals surface area contributed by atoms with Crippen LogP contribution in [0.3, 0.4) is 0 Å². The summed E-state index contributed by atoms with van der Waals surface area (Å²) in [6, 6.07) is 7.35. The third-order valence-electron chi connectivity index (χ3n) is 3.63. The number of rotatable bonds is 3. The number of nitrogens with zero attached hydrogens (tertiary/aromatic N) is 2. The van der Waals surface area contributed by atoms with Gasteiger partial charge in [0.05, 0.1) is 11.6 Å². The van der Waals surface area contributed by atoms with Crippen molar-refractivity contribution < 1.29 is 9.53 Å². The fourth-order valence-electron chi connectivity index (χ4n) is 2.38. The summed E-state index contributed by atoms with van der Waals surface area (Å²) in [6.45, 7) is 3.63. The molecule has 0 saturated carbocycles. The number of nitriles is 1. The molecule has 106 valence electrons. The number of carbonyl (C=O) groups excluding carboxylic acids is 1. The number of amides is 1. The molecular formula is C16H20N2O2. The van der Waals surface area contributed by atoms with E-state index in [1.165, 1.54) is 12.8 Å². The van der Waals surface area contributed by atoms with Crippen molar-refractivity contribution >= 4 is 5.91 Å². The maximum Gasteiger partial charge on any atom is 0.260 e. The molecule has 1 aliphatic heterocycles. The van der Waals surface area contributed by atoms with E-state index in [2.05, 4.69) is 6.07 Å². The number of hydrogen-bond acceptors (Lipinski definition) is 3. The summed E-state index contributed by atoms with van der Waals surface area (Å²) in [7, 11) is 0. The molecule has 0 aromatic heterocycles. The Balaban J connectivity index is 1.94. The van der Waals surface area contributed by atoms with Crippen LogP contribution in [0.1, 0.15) is 36.8 Å². The second-order valence-corrected chi connectivity index (χ2v) is 5.18. The SMILES string of the molecule is Cc1ccc(C#N)cc1OCC(=O)N1CCCCCC1. The molecule has 0 N–H and O–H groups in total. The highest BCUT2D eigenvalue weighted by Crippen LogP contribution is 2.19. The van der Waals surface area contributed by atoms with Gasteiger partial charge >= 0.3 is 0 Å².